The molecule has 6 atom stereocenters. The summed E-state index contributed by atoms with van der Waals surface area (Å²) >= 11 is 0. The normalized spacial score (nSPS) is 16.1. The highest BCUT2D eigenvalue weighted by Gasteiger charge is 2.37. The fourth-order valence-electron chi connectivity index (χ4n) is 3.21. The fraction of sp³-hybridized carbons (Fsp3) is 0.783. The molecule has 0 spiro atoms. The number of aliphatic carboxylic acids is 2. The molecule has 0 saturated carbocycles. The summed E-state index contributed by atoms with van der Waals surface area (Å²) in [5, 5.41) is 63.4. The van der Waals surface area contributed by atoms with Crippen molar-refractivity contribution in [2.24, 2.45) is 5.73 Å². The Morgan fingerprint density at radius 1 is 0.744 bits per heavy atom. The Bertz CT molecular complexity index is 819. The third kappa shape index (κ3) is 14.6. The second kappa shape index (κ2) is 17.5. The molecule has 0 fully saturated rings. The largest absolute Gasteiger partial charge is 0.480 e. The van der Waals surface area contributed by atoms with E-state index in [1.165, 1.54) is 0 Å². The van der Waals surface area contributed by atoms with Crippen molar-refractivity contribution in [3.8, 4) is 0 Å². The number of aliphatic hydroxyl groups excluding tert-OH is 4. The molecule has 0 rings (SSSR count). The van der Waals surface area contributed by atoms with Crippen LogP contribution >= 0.6 is 0 Å². The third-order valence-corrected chi connectivity index (χ3v) is 5.31. The summed E-state index contributed by atoms with van der Waals surface area (Å²) < 4.78 is 5.17. The van der Waals surface area contributed by atoms with E-state index in [1.807, 2.05) is 0 Å². The molecule has 0 aromatic heterocycles. The molecule has 0 aliphatic carbocycles. The van der Waals surface area contributed by atoms with Crippen molar-refractivity contribution in [3.05, 3.63) is 0 Å². The maximum absolute atomic E-state index is 12.8. The first kappa shape index (κ1) is 35.9. The van der Waals surface area contributed by atoms with Gasteiger partial charge in [0.2, 0.25) is 5.91 Å². The summed E-state index contributed by atoms with van der Waals surface area (Å²) in [5.74, 6) is -5.02. The molecule has 0 radical (unpaired) electrons. The van der Waals surface area contributed by atoms with E-state index in [4.69, 9.17) is 15.6 Å². The number of carboxylic acid groups (broad SMARTS) is 2. The smallest absolute Gasteiger partial charge is 0.408 e. The van der Waals surface area contributed by atoms with Crippen molar-refractivity contribution in [1.29, 1.82) is 0 Å². The minimum absolute atomic E-state index is 0.0186. The number of alkyl carbamates (subject to hydrolysis) is 1. The second-order valence-electron chi connectivity index (χ2n) is 9.88. The van der Waals surface area contributed by atoms with Crippen molar-refractivity contribution in [1.82, 2.24) is 16.0 Å². The van der Waals surface area contributed by atoms with Crippen molar-refractivity contribution < 1.29 is 59.3 Å². The van der Waals surface area contributed by atoms with Crippen LogP contribution < -0.4 is 21.7 Å². The number of hydrogen-bond donors (Lipinski definition) is 10. The minimum Gasteiger partial charge on any atom is -0.480 e. The lowest BCUT2D eigenvalue weighted by molar-refractivity contribution is -0.166. The second-order valence-corrected chi connectivity index (χ2v) is 9.88. The molecule has 226 valence electrons. The molecule has 0 aliphatic rings. The number of carbonyl (C=O) groups is 5. The van der Waals surface area contributed by atoms with E-state index < -0.39 is 71.9 Å². The van der Waals surface area contributed by atoms with Gasteiger partial charge >= 0.3 is 18.0 Å². The molecule has 0 aliphatic heterocycles. The first-order valence-electron chi connectivity index (χ1n) is 12.5. The molecule has 0 aromatic carbocycles. The summed E-state index contributed by atoms with van der Waals surface area (Å²) in [6.07, 6.45) is -8.57. The molecule has 0 aromatic rings. The highest BCUT2D eigenvalue weighted by atomic mass is 16.6. The Kier molecular flexibility index (Phi) is 16.2. The average Bonchev–Trinajstić information content (AvgIpc) is 2.83. The van der Waals surface area contributed by atoms with Crippen LogP contribution in [-0.4, -0.2) is 116 Å². The number of nitrogens with one attached hydrogen (secondary N) is 3. The number of amides is 3. The maximum atomic E-state index is 12.8. The molecule has 0 heterocycles. The highest BCUT2D eigenvalue weighted by molar-refractivity contribution is 5.89. The van der Waals surface area contributed by atoms with Crippen LogP contribution in [0.5, 0.6) is 0 Å². The van der Waals surface area contributed by atoms with Gasteiger partial charge in [-0.05, 0) is 65.8 Å². The van der Waals surface area contributed by atoms with Gasteiger partial charge in [-0.15, -0.1) is 0 Å². The van der Waals surface area contributed by atoms with Gasteiger partial charge in [-0.25, -0.2) is 14.4 Å². The van der Waals surface area contributed by atoms with Crippen LogP contribution in [-0.2, 0) is 23.9 Å². The molecule has 16 nitrogen and oxygen atoms in total. The lowest BCUT2D eigenvalue weighted by Crippen LogP contribution is -2.53. The molecular weight excluding hydrogens is 524 g/mol. The van der Waals surface area contributed by atoms with E-state index in [0.29, 0.717) is 19.4 Å². The Morgan fingerprint density at radius 2 is 1.28 bits per heavy atom. The predicted octanol–water partition coefficient (Wildman–Crippen LogP) is -2.61. The van der Waals surface area contributed by atoms with Crippen LogP contribution in [0.4, 0.5) is 4.79 Å². The molecule has 0 bridgehead atoms. The van der Waals surface area contributed by atoms with Gasteiger partial charge in [-0.1, -0.05) is 0 Å². The van der Waals surface area contributed by atoms with Gasteiger partial charge < -0.3 is 57.1 Å². The van der Waals surface area contributed by atoms with E-state index in [9.17, 15) is 49.5 Å². The van der Waals surface area contributed by atoms with Crippen LogP contribution in [0.25, 0.3) is 0 Å². The molecule has 0 saturated heterocycles. The van der Waals surface area contributed by atoms with Crippen LogP contribution in [0, 0.1) is 0 Å². The van der Waals surface area contributed by atoms with E-state index in [1.54, 1.807) is 20.8 Å². The van der Waals surface area contributed by atoms with Crippen LogP contribution in [0.2, 0.25) is 0 Å². The molecular formula is C23H42N4O12. The van der Waals surface area contributed by atoms with Crippen molar-refractivity contribution in [2.75, 3.05) is 13.1 Å². The van der Waals surface area contributed by atoms with Crippen LogP contribution in [0.3, 0.4) is 0 Å². The Labute approximate surface area is 225 Å². The summed E-state index contributed by atoms with van der Waals surface area (Å²) in [6.45, 7) is 5.14. The van der Waals surface area contributed by atoms with Crippen LogP contribution in [0.15, 0.2) is 0 Å². The molecule has 39 heavy (non-hydrogen) atoms. The van der Waals surface area contributed by atoms with Gasteiger partial charge in [0.15, 0.2) is 12.2 Å². The SMILES string of the molecule is CC(C)(C)OC(=O)N[C@H](CCCCNC(=O)C(O)C(O)C(O)C(O)C(=O)O)C(=O)NC(CCCCN)C(=O)O. The zero-order chi connectivity index (χ0) is 30.3. The van der Waals surface area contributed by atoms with Gasteiger partial charge in [0.05, 0.1) is 0 Å². The number of carboxylic acids is 2. The number of aliphatic hydroxyl groups is 4. The number of nitrogens with two attached hydrogens (primary N) is 1. The number of rotatable bonds is 18. The summed E-state index contributed by atoms with van der Waals surface area (Å²) in [7, 11) is 0. The monoisotopic (exact) mass is 566 g/mol. The standard InChI is InChI=1S/C23H42N4O12/c1-23(2,3)39-22(38)27-12(18(32)26-13(20(34)35)9-4-6-10-24)8-5-7-11-25-19(33)16(30)14(28)15(29)17(31)21(36)37/h12-17,28-31H,4-11,24H2,1-3H3,(H,25,33)(H,26,32)(H,27,38)(H,34,35)(H,36,37)/t12-,13?,14?,15?,16?,17?/m1/s1. The van der Waals surface area contributed by atoms with Crippen molar-refractivity contribution in [3.63, 3.8) is 0 Å². The quantitative estimate of drug-likeness (QED) is 0.0762. The van der Waals surface area contributed by atoms with E-state index >= 15 is 0 Å². The number of ether oxygens (including phenoxy) is 1. The number of hydrogen-bond acceptors (Lipinski definition) is 11. The minimum atomic E-state index is -2.43. The van der Waals surface area contributed by atoms with Crippen molar-refractivity contribution in [2.45, 2.75) is 101 Å². The fourth-order valence-corrected chi connectivity index (χ4v) is 3.21. The zero-order valence-corrected chi connectivity index (χ0v) is 22.3. The van der Waals surface area contributed by atoms with E-state index in [-0.39, 0.29) is 32.2 Å². The summed E-state index contributed by atoms with van der Waals surface area (Å²) in [4.78, 5) is 59.3. The molecule has 11 N–H and O–H groups in total. The predicted molar refractivity (Wildman–Crippen MR) is 134 cm³/mol. The number of carbonyl (C=O) groups excluding carboxylic acids is 3. The highest BCUT2D eigenvalue weighted by Crippen LogP contribution is 2.10. The van der Waals surface area contributed by atoms with E-state index in [0.717, 1.165) is 0 Å². The molecule has 3 amide bonds. The average molecular weight is 567 g/mol. The van der Waals surface area contributed by atoms with Gasteiger partial charge in [-0.3, -0.25) is 9.59 Å². The number of unbranched alkanes of at least 4 members (excludes halogenated alkanes) is 2. The molecule has 5 unspecified atom stereocenters. The maximum Gasteiger partial charge on any atom is 0.408 e. The Morgan fingerprint density at radius 3 is 1.79 bits per heavy atom. The van der Waals surface area contributed by atoms with Crippen molar-refractivity contribution >= 4 is 29.8 Å². The van der Waals surface area contributed by atoms with Crippen LogP contribution in [0.1, 0.15) is 59.3 Å². The summed E-state index contributed by atoms with van der Waals surface area (Å²) in [6, 6.07) is -2.37. The molecule has 16 heteroatoms. The van der Waals surface area contributed by atoms with Gasteiger partial charge in [-0.2, -0.15) is 0 Å². The van der Waals surface area contributed by atoms with E-state index in [2.05, 4.69) is 16.0 Å². The van der Waals surface area contributed by atoms with Gasteiger partial charge in [0, 0.05) is 6.54 Å². The first-order chi connectivity index (χ1) is 18.0. The topological polar surface area (TPSA) is 278 Å². The van der Waals surface area contributed by atoms with Gasteiger partial charge in [0.1, 0.15) is 29.9 Å². The lowest BCUT2D eigenvalue weighted by Gasteiger charge is -2.25. The van der Waals surface area contributed by atoms with Gasteiger partial charge in [0.25, 0.3) is 5.91 Å². The zero-order valence-electron chi connectivity index (χ0n) is 22.3. The lowest BCUT2D eigenvalue weighted by atomic mass is 10.0. The summed E-state index contributed by atoms with van der Waals surface area (Å²) in [5.41, 5.74) is 4.56. The Balaban J connectivity index is 5.04. The first-order valence-corrected chi connectivity index (χ1v) is 12.5. The Hall–Kier alpha value is -3.05. The third-order valence-electron chi connectivity index (χ3n) is 5.31.